The van der Waals surface area contributed by atoms with E-state index in [2.05, 4.69) is 26.2 Å². The molecule has 1 amide bonds. The first kappa shape index (κ1) is 15.7. The van der Waals surface area contributed by atoms with E-state index in [4.69, 9.17) is 0 Å². The van der Waals surface area contributed by atoms with E-state index in [9.17, 15) is 4.79 Å². The molecule has 0 unspecified atom stereocenters. The minimum absolute atomic E-state index is 0.125. The van der Waals surface area contributed by atoms with E-state index in [1.165, 1.54) is 0 Å². The molecule has 0 aliphatic rings. The van der Waals surface area contributed by atoms with Gasteiger partial charge in [-0.25, -0.2) is 0 Å². The van der Waals surface area contributed by atoms with Gasteiger partial charge in [-0.15, -0.1) is 5.10 Å². The van der Waals surface area contributed by atoms with E-state index in [0.717, 1.165) is 11.4 Å². The molecular weight excluding hydrogens is 304 g/mol. The highest BCUT2D eigenvalue weighted by Crippen LogP contribution is 2.20. The molecule has 1 atom stereocenters. The van der Waals surface area contributed by atoms with Crippen LogP contribution in [0.2, 0.25) is 0 Å². The maximum Gasteiger partial charge on any atom is 0.251 e. The highest BCUT2D eigenvalue weighted by molar-refractivity contribution is 5.94. The molecular formula is C17H18N6O. The Labute approximate surface area is 139 Å². The molecule has 0 spiro atoms. The molecule has 0 saturated carbocycles. The van der Waals surface area contributed by atoms with Crippen LogP contribution < -0.4 is 10.6 Å². The van der Waals surface area contributed by atoms with Crippen molar-refractivity contribution in [3.63, 3.8) is 0 Å². The number of hydrogen-bond donors (Lipinski definition) is 2. The SMILES string of the molecule is CNC(=O)c1cccc(N[C@@H](C)c2nnnn2-c2ccccc2)c1. The number of nitrogens with zero attached hydrogens (tertiary/aromatic N) is 4. The first-order valence-corrected chi connectivity index (χ1v) is 7.61. The molecule has 0 radical (unpaired) electrons. The number of carbonyl (C=O) groups is 1. The zero-order chi connectivity index (χ0) is 16.9. The summed E-state index contributed by atoms with van der Waals surface area (Å²) in [6.07, 6.45) is 0. The van der Waals surface area contributed by atoms with E-state index in [-0.39, 0.29) is 11.9 Å². The number of nitrogens with one attached hydrogen (secondary N) is 2. The molecule has 1 aromatic heterocycles. The van der Waals surface area contributed by atoms with Gasteiger partial charge in [-0.3, -0.25) is 4.79 Å². The summed E-state index contributed by atoms with van der Waals surface area (Å²) in [5.74, 6) is 0.562. The summed E-state index contributed by atoms with van der Waals surface area (Å²) in [4.78, 5) is 11.7. The second kappa shape index (κ2) is 6.91. The average molecular weight is 322 g/mol. The molecule has 0 saturated heterocycles. The average Bonchev–Trinajstić information content (AvgIpc) is 3.12. The van der Waals surface area contributed by atoms with Gasteiger partial charge in [0.1, 0.15) is 0 Å². The summed E-state index contributed by atoms with van der Waals surface area (Å²) in [6.45, 7) is 1.97. The van der Waals surface area contributed by atoms with Crippen molar-refractivity contribution in [1.82, 2.24) is 25.5 Å². The topological polar surface area (TPSA) is 84.7 Å². The minimum atomic E-state index is -0.139. The van der Waals surface area contributed by atoms with Gasteiger partial charge in [-0.05, 0) is 47.7 Å². The lowest BCUT2D eigenvalue weighted by Gasteiger charge is -2.15. The Balaban J connectivity index is 1.83. The second-order valence-corrected chi connectivity index (χ2v) is 5.31. The fourth-order valence-electron chi connectivity index (χ4n) is 2.43. The van der Waals surface area contributed by atoms with Crippen molar-refractivity contribution in [2.75, 3.05) is 12.4 Å². The van der Waals surface area contributed by atoms with E-state index in [0.29, 0.717) is 11.4 Å². The Morgan fingerprint density at radius 2 is 1.92 bits per heavy atom. The molecule has 3 rings (SSSR count). The zero-order valence-corrected chi connectivity index (χ0v) is 13.5. The predicted molar refractivity (Wildman–Crippen MR) is 91.0 cm³/mol. The molecule has 2 aromatic carbocycles. The lowest BCUT2D eigenvalue weighted by Crippen LogP contribution is -2.18. The number of aromatic nitrogens is 4. The van der Waals surface area contributed by atoms with Crippen LogP contribution in [0, 0.1) is 0 Å². The fourth-order valence-corrected chi connectivity index (χ4v) is 2.43. The summed E-state index contributed by atoms with van der Waals surface area (Å²) >= 11 is 0. The van der Waals surface area contributed by atoms with Crippen LogP contribution in [-0.2, 0) is 0 Å². The molecule has 7 nitrogen and oxygen atoms in total. The van der Waals surface area contributed by atoms with Crippen LogP contribution in [0.5, 0.6) is 0 Å². The Morgan fingerprint density at radius 3 is 2.67 bits per heavy atom. The summed E-state index contributed by atoms with van der Waals surface area (Å²) in [6, 6.07) is 16.9. The Hall–Kier alpha value is -3.22. The number of carbonyl (C=O) groups excluding carboxylic acids is 1. The van der Waals surface area contributed by atoms with Crippen molar-refractivity contribution >= 4 is 11.6 Å². The highest BCUT2D eigenvalue weighted by atomic mass is 16.1. The lowest BCUT2D eigenvalue weighted by molar-refractivity contribution is 0.0963. The Morgan fingerprint density at radius 1 is 1.12 bits per heavy atom. The van der Waals surface area contributed by atoms with Gasteiger partial charge in [0.05, 0.1) is 11.7 Å². The van der Waals surface area contributed by atoms with Crippen LogP contribution in [0.1, 0.15) is 29.1 Å². The zero-order valence-electron chi connectivity index (χ0n) is 13.5. The van der Waals surface area contributed by atoms with Gasteiger partial charge in [-0.2, -0.15) is 4.68 Å². The van der Waals surface area contributed by atoms with Crippen LogP contribution in [0.3, 0.4) is 0 Å². The predicted octanol–water partition coefficient (Wildman–Crippen LogP) is 2.19. The summed E-state index contributed by atoms with van der Waals surface area (Å²) in [7, 11) is 1.61. The van der Waals surface area contributed by atoms with Gasteiger partial charge in [0, 0.05) is 18.3 Å². The van der Waals surface area contributed by atoms with Crippen LogP contribution in [0.4, 0.5) is 5.69 Å². The maximum absolute atomic E-state index is 11.7. The van der Waals surface area contributed by atoms with Gasteiger partial charge in [0.2, 0.25) is 0 Å². The largest absolute Gasteiger partial charge is 0.375 e. The monoisotopic (exact) mass is 322 g/mol. The molecule has 1 heterocycles. The van der Waals surface area contributed by atoms with Crippen molar-refractivity contribution in [2.45, 2.75) is 13.0 Å². The van der Waals surface area contributed by atoms with Crippen molar-refractivity contribution in [3.8, 4) is 5.69 Å². The third-order valence-corrected chi connectivity index (χ3v) is 3.62. The van der Waals surface area contributed by atoms with Crippen molar-refractivity contribution < 1.29 is 4.79 Å². The quantitative estimate of drug-likeness (QED) is 0.752. The molecule has 3 aromatic rings. The maximum atomic E-state index is 11.7. The summed E-state index contributed by atoms with van der Waals surface area (Å²) < 4.78 is 1.69. The number of benzene rings is 2. The van der Waals surface area contributed by atoms with Gasteiger partial charge in [-0.1, -0.05) is 24.3 Å². The van der Waals surface area contributed by atoms with Crippen molar-refractivity contribution in [1.29, 1.82) is 0 Å². The summed E-state index contributed by atoms with van der Waals surface area (Å²) in [5, 5.41) is 17.9. The van der Waals surface area contributed by atoms with Gasteiger partial charge < -0.3 is 10.6 Å². The first-order chi connectivity index (χ1) is 11.7. The Bertz CT molecular complexity index is 830. The van der Waals surface area contributed by atoms with Crippen molar-refractivity contribution in [3.05, 3.63) is 66.0 Å². The van der Waals surface area contributed by atoms with Crippen LogP contribution in [-0.4, -0.2) is 33.2 Å². The molecule has 24 heavy (non-hydrogen) atoms. The molecule has 0 bridgehead atoms. The number of para-hydroxylation sites is 1. The highest BCUT2D eigenvalue weighted by Gasteiger charge is 2.16. The molecule has 2 N–H and O–H groups in total. The molecule has 0 fully saturated rings. The molecule has 122 valence electrons. The second-order valence-electron chi connectivity index (χ2n) is 5.31. The van der Waals surface area contributed by atoms with Gasteiger partial charge >= 0.3 is 0 Å². The third kappa shape index (κ3) is 3.24. The number of anilines is 1. The third-order valence-electron chi connectivity index (χ3n) is 3.62. The first-order valence-electron chi connectivity index (χ1n) is 7.61. The standard InChI is InChI=1S/C17H18N6O/c1-12(19-14-8-6-7-13(11-14)17(24)18-2)16-20-21-22-23(16)15-9-4-3-5-10-15/h3-12,19H,1-2H3,(H,18,24)/t12-/m0/s1. The summed E-state index contributed by atoms with van der Waals surface area (Å²) in [5.41, 5.74) is 2.31. The van der Waals surface area contributed by atoms with E-state index in [1.807, 2.05) is 49.4 Å². The number of rotatable bonds is 5. The molecule has 7 heteroatoms. The molecule has 0 aliphatic carbocycles. The van der Waals surface area contributed by atoms with Gasteiger partial charge in [0.25, 0.3) is 5.91 Å². The normalized spacial score (nSPS) is 11.8. The fraction of sp³-hybridized carbons (Fsp3) is 0.176. The van der Waals surface area contributed by atoms with Crippen molar-refractivity contribution in [2.24, 2.45) is 0 Å². The van der Waals surface area contributed by atoms with E-state index >= 15 is 0 Å². The van der Waals surface area contributed by atoms with Crippen LogP contribution in [0.25, 0.3) is 5.69 Å². The number of tetrazole rings is 1. The number of hydrogen-bond acceptors (Lipinski definition) is 5. The van der Waals surface area contributed by atoms with Crippen LogP contribution >= 0.6 is 0 Å². The smallest absolute Gasteiger partial charge is 0.251 e. The Kier molecular flexibility index (Phi) is 4.51. The number of amides is 1. The lowest BCUT2D eigenvalue weighted by atomic mass is 10.1. The van der Waals surface area contributed by atoms with E-state index in [1.54, 1.807) is 23.9 Å². The van der Waals surface area contributed by atoms with Crippen LogP contribution in [0.15, 0.2) is 54.6 Å². The molecule has 0 aliphatic heterocycles. The van der Waals surface area contributed by atoms with E-state index < -0.39 is 0 Å². The minimum Gasteiger partial charge on any atom is -0.375 e. The van der Waals surface area contributed by atoms with Gasteiger partial charge in [0.15, 0.2) is 5.82 Å².